The highest BCUT2D eigenvalue weighted by Gasteiger charge is 2.16. The lowest BCUT2D eigenvalue weighted by atomic mass is 10.1. The number of nitriles is 1. The monoisotopic (exact) mass is 375 g/mol. The van der Waals surface area contributed by atoms with Gasteiger partial charge >= 0.3 is 5.97 Å². The van der Waals surface area contributed by atoms with Crippen molar-refractivity contribution in [2.75, 3.05) is 26.6 Å². The average molecular weight is 375 g/mol. The number of aromatic nitrogens is 2. The van der Waals surface area contributed by atoms with Gasteiger partial charge in [0.1, 0.15) is 11.6 Å². The van der Waals surface area contributed by atoms with Crippen LogP contribution in [0.25, 0.3) is 11.3 Å². The number of nitrogens with zero attached hydrogens (tertiary/aromatic N) is 2. The van der Waals surface area contributed by atoms with Gasteiger partial charge < -0.3 is 19.2 Å². The topological polar surface area (TPSA) is 114 Å². The third-order valence-electron chi connectivity index (χ3n) is 3.29. The van der Waals surface area contributed by atoms with Crippen molar-refractivity contribution in [2.24, 2.45) is 0 Å². The number of H-pyrrole nitrogens is 1. The molecule has 0 spiro atoms. The van der Waals surface area contributed by atoms with Crippen LogP contribution in [0.3, 0.4) is 0 Å². The van der Waals surface area contributed by atoms with E-state index in [-0.39, 0.29) is 17.9 Å². The van der Waals surface area contributed by atoms with Crippen molar-refractivity contribution in [3.05, 3.63) is 34.1 Å². The zero-order valence-corrected chi connectivity index (χ0v) is 15.3. The van der Waals surface area contributed by atoms with E-state index in [9.17, 15) is 14.9 Å². The van der Waals surface area contributed by atoms with Gasteiger partial charge in [-0.25, -0.2) is 9.78 Å². The van der Waals surface area contributed by atoms with E-state index in [1.165, 1.54) is 18.9 Å². The maximum absolute atomic E-state index is 12.1. The first kappa shape index (κ1) is 19.3. The number of aromatic amines is 1. The molecule has 0 aliphatic rings. The third kappa shape index (κ3) is 4.34. The fraction of sp³-hybridized carbons (Fsp3) is 0.294. The molecule has 1 N–H and O–H groups in total. The molecule has 0 amide bonds. The molecule has 0 saturated carbocycles. The first-order valence-electron chi connectivity index (χ1n) is 7.59. The highest BCUT2D eigenvalue weighted by molar-refractivity contribution is 7.98. The minimum atomic E-state index is -0.524. The molecule has 2 rings (SSSR count). The lowest BCUT2D eigenvalue weighted by Gasteiger charge is -2.13. The number of carbonyl (C=O) groups excluding carboxylic acids is 1. The second-order valence-electron chi connectivity index (χ2n) is 4.87. The van der Waals surface area contributed by atoms with Gasteiger partial charge in [-0.2, -0.15) is 5.26 Å². The van der Waals surface area contributed by atoms with Gasteiger partial charge in [-0.3, -0.25) is 4.79 Å². The number of benzene rings is 1. The number of hydrogen-bond donors (Lipinski definition) is 1. The molecule has 26 heavy (non-hydrogen) atoms. The number of hydrogen-bond acceptors (Lipinski definition) is 8. The number of nitrogens with one attached hydrogen (secondary N) is 1. The first-order chi connectivity index (χ1) is 12.5. The van der Waals surface area contributed by atoms with Crippen LogP contribution >= 0.6 is 11.8 Å². The van der Waals surface area contributed by atoms with Crippen molar-refractivity contribution in [3.63, 3.8) is 0 Å². The normalized spacial score (nSPS) is 10.1. The number of esters is 1. The Hall–Kier alpha value is -2.99. The zero-order valence-electron chi connectivity index (χ0n) is 14.5. The molecule has 9 heteroatoms. The molecule has 1 aromatic carbocycles. The summed E-state index contributed by atoms with van der Waals surface area (Å²) >= 11 is 1.26. The number of thioether (sulfide) groups is 1. The van der Waals surface area contributed by atoms with Gasteiger partial charge in [0.15, 0.2) is 23.3 Å². The summed E-state index contributed by atoms with van der Waals surface area (Å²) in [6.45, 7) is 1.90. The molecule has 8 nitrogen and oxygen atoms in total. The van der Waals surface area contributed by atoms with E-state index in [0.717, 1.165) is 0 Å². The summed E-state index contributed by atoms with van der Waals surface area (Å²) < 4.78 is 15.5. The Morgan fingerprint density at radius 2 is 2.12 bits per heavy atom. The molecule has 0 aliphatic heterocycles. The van der Waals surface area contributed by atoms with Crippen molar-refractivity contribution in [3.8, 4) is 28.8 Å². The lowest BCUT2D eigenvalue weighted by Crippen LogP contribution is -2.15. The lowest BCUT2D eigenvalue weighted by molar-refractivity contribution is -0.142. The summed E-state index contributed by atoms with van der Waals surface area (Å²) in [4.78, 5) is 30.2. The summed E-state index contributed by atoms with van der Waals surface area (Å²) in [5.41, 5.74) is 0.178. The van der Waals surface area contributed by atoms with Gasteiger partial charge in [-0.05, 0) is 31.4 Å². The quantitative estimate of drug-likeness (QED) is 0.444. The van der Waals surface area contributed by atoms with Gasteiger partial charge in [0.2, 0.25) is 0 Å². The van der Waals surface area contributed by atoms with Crippen LogP contribution in [0, 0.1) is 11.3 Å². The Balaban J connectivity index is 2.50. The fourth-order valence-electron chi connectivity index (χ4n) is 2.10. The molecule has 1 aromatic heterocycles. The Labute approximate surface area is 154 Å². The Morgan fingerprint density at radius 3 is 2.73 bits per heavy atom. The molecule has 1 heterocycles. The van der Waals surface area contributed by atoms with Gasteiger partial charge in [0, 0.05) is 5.56 Å². The maximum Gasteiger partial charge on any atom is 0.343 e. The fourth-order valence-corrected chi connectivity index (χ4v) is 2.48. The van der Waals surface area contributed by atoms with E-state index in [1.807, 2.05) is 6.07 Å². The van der Waals surface area contributed by atoms with E-state index in [4.69, 9.17) is 9.47 Å². The predicted octanol–water partition coefficient (Wildman–Crippen LogP) is 1.98. The Bertz CT molecular complexity index is 904. The molecule has 136 valence electrons. The number of rotatable bonds is 7. The van der Waals surface area contributed by atoms with Crippen LogP contribution in [0.1, 0.15) is 12.5 Å². The number of ether oxygens (including phenoxy) is 3. The predicted molar refractivity (Wildman–Crippen MR) is 95.5 cm³/mol. The third-order valence-corrected chi connectivity index (χ3v) is 3.87. The van der Waals surface area contributed by atoms with Crippen LogP contribution in [-0.4, -0.2) is 42.5 Å². The van der Waals surface area contributed by atoms with E-state index in [0.29, 0.717) is 28.8 Å². The van der Waals surface area contributed by atoms with E-state index < -0.39 is 11.5 Å². The van der Waals surface area contributed by atoms with E-state index in [1.54, 1.807) is 31.4 Å². The minimum Gasteiger partial charge on any atom is -0.490 e. The Kier molecular flexibility index (Phi) is 6.63. The number of carbonyl (C=O) groups is 1. The molecule has 0 radical (unpaired) electrons. The largest absolute Gasteiger partial charge is 0.490 e. The zero-order chi connectivity index (χ0) is 19.1. The molecule has 0 aliphatic carbocycles. The molecule has 0 fully saturated rings. The molecule has 0 saturated heterocycles. The van der Waals surface area contributed by atoms with Crippen molar-refractivity contribution in [2.45, 2.75) is 12.1 Å². The summed E-state index contributed by atoms with van der Waals surface area (Å²) in [6, 6.07) is 6.72. The van der Waals surface area contributed by atoms with Crippen LogP contribution in [-0.2, 0) is 9.53 Å². The van der Waals surface area contributed by atoms with Gasteiger partial charge in [0.25, 0.3) is 5.56 Å². The molecular weight excluding hydrogens is 358 g/mol. The second-order valence-corrected chi connectivity index (χ2v) is 5.66. The summed E-state index contributed by atoms with van der Waals surface area (Å²) in [5, 5.41) is 9.70. The standard InChI is InChI=1S/C17H17N3O5S/c1-4-24-13-7-10(5-6-12(13)25-9-14(21)23-2)15-11(8-18)16(22)20-17(19-15)26-3/h5-7H,4,9H2,1-3H3,(H,19,20,22). The van der Waals surface area contributed by atoms with Crippen molar-refractivity contribution >= 4 is 17.7 Å². The van der Waals surface area contributed by atoms with Crippen LogP contribution in [0.5, 0.6) is 11.5 Å². The van der Waals surface area contributed by atoms with Gasteiger partial charge in [-0.15, -0.1) is 0 Å². The van der Waals surface area contributed by atoms with Crippen molar-refractivity contribution < 1.29 is 19.0 Å². The van der Waals surface area contributed by atoms with E-state index >= 15 is 0 Å². The highest BCUT2D eigenvalue weighted by atomic mass is 32.2. The smallest absolute Gasteiger partial charge is 0.343 e. The van der Waals surface area contributed by atoms with Crippen LogP contribution in [0.15, 0.2) is 28.2 Å². The van der Waals surface area contributed by atoms with Gasteiger partial charge in [-0.1, -0.05) is 11.8 Å². The molecule has 0 atom stereocenters. The second kappa shape index (κ2) is 8.92. The number of methoxy groups -OCH3 is 1. The SMILES string of the molecule is CCOc1cc(-c2nc(SC)[nH]c(=O)c2C#N)ccc1OCC(=O)OC. The van der Waals surface area contributed by atoms with Crippen LogP contribution in [0.2, 0.25) is 0 Å². The molecule has 0 unspecified atom stereocenters. The highest BCUT2D eigenvalue weighted by Crippen LogP contribution is 2.33. The minimum absolute atomic E-state index is 0.0894. The average Bonchev–Trinajstić information content (AvgIpc) is 2.66. The summed E-state index contributed by atoms with van der Waals surface area (Å²) in [7, 11) is 1.27. The van der Waals surface area contributed by atoms with Crippen LogP contribution < -0.4 is 15.0 Å². The van der Waals surface area contributed by atoms with E-state index in [2.05, 4.69) is 14.7 Å². The van der Waals surface area contributed by atoms with Gasteiger partial charge in [0.05, 0.1) is 19.4 Å². The molecule has 2 aromatic rings. The molecule has 0 bridgehead atoms. The summed E-state index contributed by atoms with van der Waals surface area (Å²) in [6.07, 6.45) is 1.77. The van der Waals surface area contributed by atoms with Crippen LogP contribution in [0.4, 0.5) is 0 Å². The van der Waals surface area contributed by atoms with Crippen molar-refractivity contribution in [1.29, 1.82) is 5.26 Å². The van der Waals surface area contributed by atoms with Crippen molar-refractivity contribution in [1.82, 2.24) is 9.97 Å². The summed E-state index contributed by atoms with van der Waals surface area (Å²) in [5.74, 6) is 0.184. The Morgan fingerprint density at radius 1 is 1.35 bits per heavy atom. The maximum atomic E-state index is 12.1. The molecular formula is C17H17N3O5S. The first-order valence-corrected chi connectivity index (χ1v) is 8.81.